The number of aromatic nitrogens is 1. The van der Waals surface area contributed by atoms with Gasteiger partial charge in [-0.2, -0.15) is 0 Å². The first-order valence-electron chi connectivity index (χ1n) is 9.97. The van der Waals surface area contributed by atoms with Crippen molar-refractivity contribution in [2.24, 2.45) is 0 Å². The average Bonchev–Trinajstić information content (AvgIpc) is 3.11. The summed E-state index contributed by atoms with van der Waals surface area (Å²) in [4.78, 5) is 19.2. The van der Waals surface area contributed by atoms with Crippen LogP contribution in [0.25, 0.3) is 10.2 Å². The highest BCUT2D eigenvalue weighted by Gasteiger charge is 2.25. The molecule has 0 aliphatic carbocycles. The number of hydrogen-bond donors (Lipinski definition) is 0. The van der Waals surface area contributed by atoms with Crippen molar-refractivity contribution in [3.8, 4) is 10.9 Å². The standard InChI is InChI=1S/C23H26N2O3S/c1-15-4-5-17(16(2)12-15)13-22(26)25-10-8-18(9-11-25)28-23-24-20-14-19(27-3)6-7-21(20)29-23/h4-7,12,14,18H,8-11,13H2,1-3H3. The fraction of sp³-hybridized carbons (Fsp3) is 0.391. The van der Waals surface area contributed by atoms with Crippen LogP contribution in [0.1, 0.15) is 29.5 Å². The van der Waals surface area contributed by atoms with E-state index in [0.717, 1.165) is 47.5 Å². The number of rotatable bonds is 5. The van der Waals surface area contributed by atoms with Crippen molar-refractivity contribution in [3.05, 3.63) is 53.1 Å². The monoisotopic (exact) mass is 410 g/mol. The quantitative estimate of drug-likeness (QED) is 0.620. The number of ether oxygens (including phenoxy) is 2. The molecule has 1 amide bonds. The van der Waals surface area contributed by atoms with Gasteiger partial charge in [-0.25, -0.2) is 4.98 Å². The molecule has 0 radical (unpaired) electrons. The van der Waals surface area contributed by atoms with Gasteiger partial charge in [0.2, 0.25) is 5.91 Å². The number of carbonyl (C=O) groups is 1. The van der Waals surface area contributed by atoms with Crippen molar-refractivity contribution >= 4 is 27.5 Å². The van der Waals surface area contributed by atoms with Gasteiger partial charge in [0.15, 0.2) is 0 Å². The van der Waals surface area contributed by atoms with Crippen LogP contribution in [0.4, 0.5) is 0 Å². The van der Waals surface area contributed by atoms with E-state index in [4.69, 9.17) is 9.47 Å². The van der Waals surface area contributed by atoms with Crippen molar-refractivity contribution in [2.75, 3.05) is 20.2 Å². The van der Waals surface area contributed by atoms with Gasteiger partial charge in [-0.3, -0.25) is 4.79 Å². The molecule has 0 spiro atoms. The molecule has 1 aliphatic heterocycles. The maximum Gasteiger partial charge on any atom is 0.274 e. The smallest absolute Gasteiger partial charge is 0.274 e. The fourth-order valence-electron chi connectivity index (χ4n) is 3.75. The summed E-state index contributed by atoms with van der Waals surface area (Å²) in [7, 11) is 1.65. The Labute approximate surface area is 175 Å². The number of nitrogens with zero attached hydrogens (tertiary/aromatic N) is 2. The predicted molar refractivity (Wildman–Crippen MR) is 116 cm³/mol. The van der Waals surface area contributed by atoms with E-state index in [1.54, 1.807) is 18.4 Å². The van der Waals surface area contributed by atoms with Crippen LogP contribution in [-0.2, 0) is 11.2 Å². The Morgan fingerprint density at radius 3 is 2.69 bits per heavy atom. The number of amides is 1. The molecule has 1 aromatic heterocycles. The van der Waals surface area contributed by atoms with Crippen LogP contribution in [0.15, 0.2) is 36.4 Å². The minimum absolute atomic E-state index is 0.0996. The molecular weight excluding hydrogens is 384 g/mol. The molecule has 3 aromatic rings. The van der Waals surface area contributed by atoms with Crippen LogP contribution in [0.2, 0.25) is 0 Å². The first kappa shape index (κ1) is 19.7. The molecule has 29 heavy (non-hydrogen) atoms. The van der Waals surface area contributed by atoms with Crippen LogP contribution in [0, 0.1) is 13.8 Å². The largest absolute Gasteiger partial charge is 0.497 e. The SMILES string of the molecule is COc1ccc2sc(OC3CCN(C(=O)Cc4ccc(C)cc4C)CC3)nc2c1. The average molecular weight is 411 g/mol. The van der Waals surface area contributed by atoms with E-state index in [1.165, 1.54) is 11.1 Å². The van der Waals surface area contributed by atoms with E-state index in [9.17, 15) is 4.79 Å². The lowest BCUT2D eigenvalue weighted by atomic mass is 10.0. The van der Waals surface area contributed by atoms with Gasteiger partial charge in [0.25, 0.3) is 5.19 Å². The molecule has 1 aliphatic rings. The Balaban J connectivity index is 1.32. The summed E-state index contributed by atoms with van der Waals surface area (Å²) in [5.41, 5.74) is 4.42. The second-order valence-corrected chi connectivity index (χ2v) is 8.61. The number of thiazole rings is 1. The van der Waals surface area contributed by atoms with E-state index < -0.39 is 0 Å². The van der Waals surface area contributed by atoms with Gasteiger partial charge in [-0.05, 0) is 37.1 Å². The molecule has 0 unspecified atom stereocenters. The van der Waals surface area contributed by atoms with Crippen LogP contribution < -0.4 is 9.47 Å². The molecule has 6 heteroatoms. The van der Waals surface area contributed by atoms with Crippen molar-refractivity contribution in [2.45, 2.75) is 39.2 Å². The maximum atomic E-state index is 12.7. The summed E-state index contributed by atoms with van der Waals surface area (Å²) in [5.74, 6) is 0.993. The third kappa shape index (κ3) is 4.53. The fourth-order valence-corrected chi connectivity index (χ4v) is 4.61. The van der Waals surface area contributed by atoms with Crippen LogP contribution >= 0.6 is 11.3 Å². The third-order valence-corrected chi connectivity index (χ3v) is 6.40. The van der Waals surface area contributed by atoms with Gasteiger partial charge >= 0.3 is 0 Å². The predicted octanol–water partition coefficient (Wildman–Crippen LogP) is 4.53. The molecule has 0 bridgehead atoms. The first-order chi connectivity index (χ1) is 14.0. The molecule has 0 atom stereocenters. The molecular formula is C23H26N2O3S. The zero-order valence-corrected chi connectivity index (χ0v) is 17.9. The van der Waals surface area contributed by atoms with E-state index in [0.29, 0.717) is 11.6 Å². The number of carbonyl (C=O) groups excluding carboxylic acids is 1. The molecule has 152 valence electrons. The van der Waals surface area contributed by atoms with Crippen LogP contribution in [0.5, 0.6) is 10.9 Å². The molecule has 0 N–H and O–H groups in total. The van der Waals surface area contributed by atoms with Gasteiger partial charge in [-0.15, -0.1) is 0 Å². The Morgan fingerprint density at radius 1 is 1.17 bits per heavy atom. The summed E-state index contributed by atoms with van der Waals surface area (Å²) >= 11 is 1.55. The second-order valence-electron chi connectivity index (χ2n) is 7.62. The Bertz CT molecular complexity index is 1020. The summed E-state index contributed by atoms with van der Waals surface area (Å²) in [6.07, 6.45) is 2.23. The van der Waals surface area contributed by atoms with Gasteiger partial charge in [0, 0.05) is 32.0 Å². The minimum Gasteiger partial charge on any atom is -0.497 e. The Morgan fingerprint density at radius 2 is 1.97 bits per heavy atom. The number of likely N-dealkylation sites (tertiary alicyclic amines) is 1. The molecule has 1 fully saturated rings. The van der Waals surface area contributed by atoms with Crippen molar-refractivity contribution in [1.82, 2.24) is 9.88 Å². The highest BCUT2D eigenvalue weighted by atomic mass is 32.1. The number of aryl methyl sites for hydroxylation is 2. The lowest BCUT2D eigenvalue weighted by Crippen LogP contribution is -2.42. The molecule has 5 nitrogen and oxygen atoms in total. The summed E-state index contributed by atoms with van der Waals surface area (Å²) in [5, 5.41) is 0.688. The minimum atomic E-state index is 0.0996. The maximum absolute atomic E-state index is 12.7. The van der Waals surface area contributed by atoms with E-state index in [-0.39, 0.29) is 12.0 Å². The molecule has 1 saturated heterocycles. The normalized spacial score (nSPS) is 14.9. The van der Waals surface area contributed by atoms with Crippen LogP contribution in [-0.4, -0.2) is 42.1 Å². The second kappa shape index (κ2) is 8.41. The van der Waals surface area contributed by atoms with Gasteiger partial charge < -0.3 is 14.4 Å². The molecule has 4 rings (SSSR count). The van der Waals surface area contributed by atoms with E-state index in [2.05, 4.69) is 37.0 Å². The summed E-state index contributed by atoms with van der Waals surface area (Å²) < 4.78 is 12.5. The zero-order valence-electron chi connectivity index (χ0n) is 17.1. The van der Waals surface area contributed by atoms with Crippen LogP contribution in [0.3, 0.4) is 0 Å². The van der Waals surface area contributed by atoms with Gasteiger partial charge in [-0.1, -0.05) is 35.1 Å². The van der Waals surface area contributed by atoms with Gasteiger partial charge in [0.1, 0.15) is 11.9 Å². The Kier molecular flexibility index (Phi) is 5.72. The number of piperidine rings is 1. The number of fused-ring (bicyclic) bond motifs is 1. The topological polar surface area (TPSA) is 51.7 Å². The van der Waals surface area contributed by atoms with Crippen molar-refractivity contribution in [1.29, 1.82) is 0 Å². The third-order valence-electron chi connectivity index (χ3n) is 5.48. The number of hydrogen-bond acceptors (Lipinski definition) is 5. The van der Waals surface area contributed by atoms with Gasteiger partial charge in [0.05, 0.1) is 23.7 Å². The highest BCUT2D eigenvalue weighted by Crippen LogP contribution is 2.32. The lowest BCUT2D eigenvalue weighted by molar-refractivity contribution is -0.132. The molecule has 2 aromatic carbocycles. The van der Waals surface area contributed by atoms with E-state index >= 15 is 0 Å². The summed E-state index contributed by atoms with van der Waals surface area (Å²) in [6.45, 7) is 5.61. The zero-order chi connectivity index (χ0) is 20.4. The van der Waals surface area contributed by atoms with Crippen molar-refractivity contribution < 1.29 is 14.3 Å². The first-order valence-corrected chi connectivity index (χ1v) is 10.8. The number of methoxy groups -OCH3 is 1. The Hall–Kier alpha value is -2.60. The molecule has 2 heterocycles. The number of benzene rings is 2. The van der Waals surface area contributed by atoms with E-state index in [1.807, 2.05) is 23.1 Å². The molecule has 0 saturated carbocycles. The highest BCUT2D eigenvalue weighted by molar-refractivity contribution is 7.20. The summed E-state index contributed by atoms with van der Waals surface area (Å²) in [6, 6.07) is 12.1. The lowest BCUT2D eigenvalue weighted by Gasteiger charge is -2.31. The van der Waals surface area contributed by atoms with Crippen molar-refractivity contribution in [3.63, 3.8) is 0 Å².